The number of ether oxygens (including phenoxy) is 1. The van der Waals surface area contributed by atoms with E-state index >= 15 is 0 Å². The third-order valence-corrected chi connectivity index (χ3v) is 4.85. The van der Waals surface area contributed by atoms with Crippen molar-refractivity contribution in [1.82, 2.24) is 9.55 Å². The van der Waals surface area contributed by atoms with Crippen molar-refractivity contribution in [2.24, 2.45) is 0 Å². The van der Waals surface area contributed by atoms with E-state index in [2.05, 4.69) is 11.1 Å². The number of hydrogen-bond acceptors (Lipinski definition) is 4. The van der Waals surface area contributed by atoms with Crippen molar-refractivity contribution in [2.75, 3.05) is 7.11 Å². The maximum atomic E-state index is 12.5. The molecular weight excluding hydrogens is 366 g/mol. The van der Waals surface area contributed by atoms with Gasteiger partial charge in [0.1, 0.15) is 0 Å². The fourth-order valence-corrected chi connectivity index (χ4v) is 3.45. The summed E-state index contributed by atoms with van der Waals surface area (Å²) >= 11 is 0. The molecule has 6 nitrogen and oxygen atoms in total. The maximum absolute atomic E-state index is 12.5. The molecule has 0 bridgehead atoms. The Labute approximate surface area is 166 Å². The third kappa shape index (κ3) is 3.30. The second-order valence-corrected chi connectivity index (χ2v) is 6.56. The van der Waals surface area contributed by atoms with E-state index in [0.717, 1.165) is 16.7 Å². The molecule has 6 heteroatoms. The quantitative estimate of drug-likeness (QED) is 0.544. The standard InChI is InChI=1S/C23H17N3O3/c1-29-22(27)19-7-4-8-20-21(19)26(23(28)25-20)14-15-9-11-16(12-10-15)18-6-3-2-5-17(18)13-24/h2-12H,14H2,1H3,(H,25,28). The minimum absolute atomic E-state index is 0.296. The highest BCUT2D eigenvalue weighted by molar-refractivity contribution is 6.02. The average molecular weight is 383 g/mol. The molecule has 0 atom stereocenters. The number of carbonyl (C=O) groups excluding carboxylic acids is 1. The van der Waals surface area contributed by atoms with Crippen LogP contribution in [0.2, 0.25) is 0 Å². The first-order chi connectivity index (χ1) is 14.1. The number of carbonyl (C=O) groups is 1. The van der Waals surface area contributed by atoms with E-state index in [0.29, 0.717) is 28.7 Å². The Morgan fingerprint density at radius 3 is 2.55 bits per heavy atom. The van der Waals surface area contributed by atoms with Crippen molar-refractivity contribution in [2.45, 2.75) is 6.54 Å². The molecule has 0 amide bonds. The van der Waals surface area contributed by atoms with Gasteiger partial charge in [-0.05, 0) is 34.9 Å². The van der Waals surface area contributed by atoms with Crippen molar-refractivity contribution < 1.29 is 9.53 Å². The van der Waals surface area contributed by atoms with Crippen LogP contribution in [0.5, 0.6) is 0 Å². The first-order valence-corrected chi connectivity index (χ1v) is 9.00. The Hall–Kier alpha value is -4.11. The Bertz CT molecular complexity index is 1310. The van der Waals surface area contributed by atoms with Crippen molar-refractivity contribution in [3.05, 3.63) is 93.9 Å². The van der Waals surface area contributed by atoms with Crippen molar-refractivity contribution in [1.29, 1.82) is 5.26 Å². The van der Waals surface area contributed by atoms with E-state index in [4.69, 9.17) is 4.74 Å². The number of benzene rings is 3. The van der Waals surface area contributed by atoms with Gasteiger partial charge < -0.3 is 9.72 Å². The normalized spacial score (nSPS) is 10.6. The van der Waals surface area contributed by atoms with E-state index in [1.807, 2.05) is 42.5 Å². The van der Waals surface area contributed by atoms with Crippen molar-refractivity contribution in [3.63, 3.8) is 0 Å². The van der Waals surface area contributed by atoms with Crippen LogP contribution in [0, 0.1) is 11.3 Å². The molecule has 4 rings (SSSR count). The van der Waals surface area contributed by atoms with E-state index in [-0.39, 0.29) is 5.69 Å². The highest BCUT2D eigenvalue weighted by atomic mass is 16.5. The summed E-state index contributed by atoms with van der Waals surface area (Å²) in [5, 5.41) is 9.30. The number of fused-ring (bicyclic) bond motifs is 1. The lowest BCUT2D eigenvalue weighted by molar-refractivity contribution is 0.0602. The molecule has 1 N–H and O–H groups in total. The van der Waals surface area contributed by atoms with E-state index in [9.17, 15) is 14.9 Å². The fourth-order valence-electron chi connectivity index (χ4n) is 3.45. The van der Waals surface area contributed by atoms with Crippen LogP contribution >= 0.6 is 0 Å². The van der Waals surface area contributed by atoms with Gasteiger partial charge >= 0.3 is 11.7 Å². The molecule has 0 aliphatic carbocycles. The number of nitrogens with one attached hydrogen (secondary N) is 1. The Morgan fingerprint density at radius 2 is 1.83 bits per heavy atom. The van der Waals surface area contributed by atoms with Crippen LogP contribution in [-0.4, -0.2) is 22.6 Å². The van der Waals surface area contributed by atoms with Gasteiger partial charge in [0.25, 0.3) is 0 Å². The van der Waals surface area contributed by atoms with Crippen LogP contribution in [0.25, 0.3) is 22.2 Å². The van der Waals surface area contributed by atoms with Crippen molar-refractivity contribution >= 4 is 17.0 Å². The van der Waals surface area contributed by atoms with Crippen LogP contribution in [0.3, 0.4) is 0 Å². The highest BCUT2D eigenvalue weighted by Gasteiger charge is 2.17. The summed E-state index contributed by atoms with van der Waals surface area (Å²) in [5.41, 5.74) is 4.42. The van der Waals surface area contributed by atoms with Crippen LogP contribution in [0.4, 0.5) is 0 Å². The third-order valence-electron chi connectivity index (χ3n) is 4.85. The molecule has 4 aromatic rings. The lowest BCUT2D eigenvalue weighted by Gasteiger charge is -2.09. The predicted molar refractivity (Wildman–Crippen MR) is 110 cm³/mol. The van der Waals surface area contributed by atoms with Crippen molar-refractivity contribution in [3.8, 4) is 17.2 Å². The summed E-state index contributed by atoms with van der Waals surface area (Å²) in [4.78, 5) is 27.4. The predicted octanol–water partition coefficient (Wildman–Crippen LogP) is 3.70. The number of methoxy groups -OCH3 is 1. The fraction of sp³-hybridized carbons (Fsp3) is 0.0870. The number of nitrogens with zero attached hydrogens (tertiary/aromatic N) is 2. The number of hydrogen-bond donors (Lipinski definition) is 1. The van der Waals surface area contributed by atoms with Gasteiger partial charge in [-0.25, -0.2) is 9.59 Å². The number of para-hydroxylation sites is 1. The number of rotatable bonds is 4. The van der Waals surface area contributed by atoms with Gasteiger partial charge in [0, 0.05) is 0 Å². The molecule has 29 heavy (non-hydrogen) atoms. The number of aromatic nitrogens is 2. The number of esters is 1. The molecule has 0 saturated heterocycles. The zero-order valence-corrected chi connectivity index (χ0v) is 15.7. The first kappa shape index (κ1) is 18.3. The molecule has 0 unspecified atom stereocenters. The molecule has 1 heterocycles. The Kier molecular flexibility index (Phi) is 4.71. The van der Waals surface area contributed by atoms with Gasteiger partial charge in [-0.1, -0.05) is 48.5 Å². The Balaban J connectivity index is 1.73. The van der Waals surface area contributed by atoms with Gasteiger partial charge in [-0.3, -0.25) is 4.57 Å². The molecule has 0 aliphatic rings. The SMILES string of the molecule is COC(=O)c1cccc2[nH]c(=O)n(Cc3ccc(-c4ccccc4C#N)cc3)c12. The van der Waals surface area contributed by atoms with Crippen LogP contribution in [-0.2, 0) is 11.3 Å². The van der Waals surface area contributed by atoms with Crippen LogP contribution in [0.1, 0.15) is 21.5 Å². The molecule has 0 radical (unpaired) electrons. The monoisotopic (exact) mass is 383 g/mol. The molecule has 142 valence electrons. The van der Waals surface area contributed by atoms with Gasteiger partial charge in [-0.2, -0.15) is 5.26 Å². The number of imidazole rings is 1. The smallest absolute Gasteiger partial charge is 0.340 e. The molecule has 0 aliphatic heterocycles. The minimum atomic E-state index is -0.494. The number of aromatic amines is 1. The average Bonchev–Trinajstić information content (AvgIpc) is 3.08. The maximum Gasteiger partial charge on any atom is 0.340 e. The van der Waals surface area contributed by atoms with E-state index in [1.165, 1.54) is 11.7 Å². The second kappa shape index (κ2) is 7.49. The summed E-state index contributed by atoms with van der Waals surface area (Å²) in [6.45, 7) is 0.299. The summed E-state index contributed by atoms with van der Waals surface area (Å²) in [5.74, 6) is -0.494. The topological polar surface area (TPSA) is 87.9 Å². The molecule has 3 aromatic carbocycles. The largest absolute Gasteiger partial charge is 0.465 e. The van der Waals surface area contributed by atoms with Crippen LogP contribution in [0.15, 0.2) is 71.5 Å². The van der Waals surface area contributed by atoms with E-state index < -0.39 is 5.97 Å². The highest BCUT2D eigenvalue weighted by Crippen LogP contribution is 2.24. The molecule has 0 fully saturated rings. The summed E-state index contributed by atoms with van der Waals surface area (Å²) in [6, 6.07) is 22.4. The summed E-state index contributed by atoms with van der Waals surface area (Å²) < 4.78 is 6.38. The van der Waals surface area contributed by atoms with Gasteiger partial charge in [-0.15, -0.1) is 0 Å². The number of H-pyrrole nitrogens is 1. The molecule has 0 spiro atoms. The van der Waals surface area contributed by atoms with E-state index in [1.54, 1.807) is 24.3 Å². The summed E-state index contributed by atoms with van der Waals surface area (Å²) in [6.07, 6.45) is 0. The van der Waals surface area contributed by atoms with Gasteiger partial charge in [0.05, 0.1) is 41.9 Å². The zero-order valence-electron chi connectivity index (χ0n) is 15.7. The lowest BCUT2D eigenvalue weighted by Crippen LogP contribution is -2.18. The summed E-state index contributed by atoms with van der Waals surface area (Å²) in [7, 11) is 1.31. The minimum Gasteiger partial charge on any atom is -0.465 e. The molecular formula is C23H17N3O3. The second-order valence-electron chi connectivity index (χ2n) is 6.56. The zero-order chi connectivity index (χ0) is 20.4. The first-order valence-electron chi connectivity index (χ1n) is 9.00. The van der Waals surface area contributed by atoms with Gasteiger partial charge in [0.15, 0.2) is 0 Å². The number of nitriles is 1. The Morgan fingerprint density at radius 1 is 1.07 bits per heavy atom. The molecule has 0 saturated carbocycles. The molecule has 1 aromatic heterocycles. The lowest BCUT2D eigenvalue weighted by atomic mass is 9.99. The van der Waals surface area contributed by atoms with Crippen LogP contribution < -0.4 is 5.69 Å². The van der Waals surface area contributed by atoms with Gasteiger partial charge in [0.2, 0.25) is 0 Å².